The van der Waals surface area contributed by atoms with Crippen LogP contribution in [-0.2, 0) is 15.9 Å². The summed E-state index contributed by atoms with van der Waals surface area (Å²) in [5, 5.41) is 13.7. The van der Waals surface area contributed by atoms with Gasteiger partial charge in [0.25, 0.3) is 5.69 Å². The maximum atomic E-state index is 13.0. The van der Waals surface area contributed by atoms with Gasteiger partial charge in [-0.3, -0.25) is 10.1 Å². The van der Waals surface area contributed by atoms with E-state index in [2.05, 4.69) is 29.6 Å². The lowest BCUT2D eigenvalue weighted by Gasteiger charge is -2.22. The van der Waals surface area contributed by atoms with Crippen molar-refractivity contribution in [1.29, 1.82) is 0 Å². The smallest absolute Gasteiger partial charge is 0.449 e. The van der Waals surface area contributed by atoms with Crippen molar-refractivity contribution in [2.24, 2.45) is 0 Å². The maximum absolute atomic E-state index is 13.0. The molecular weight excluding hydrogens is 512 g/mol. The number of non-ortho nitro benzene ring substituents is 1. The number of nitrogens with one attached hydrogen (secondary N) is 1. The molecule has 0 spiro atoms. The second-order valence-corrected chi connectivity index (χ2v) is 9.61. The van der Waals surface area contributed by atoms with Gasteiger partial charge in [0.15, 0.2) is 0 Å². The monoisotopic (exact) mass is 536 g/mol. The third kappa shape index (κ3) is 4.84. The molecule has 0 fully saturated rings. The number of hydrogen-bond donors (Lipinski definition) is 1. The van der Waals surface area contributed by atoms with Gasteiger partial charge in [0, 0.05) is 24.5 Å². The Morgan fingerprint density at radius 2 is 1.43 bits per heavy atom. The first-order chi connectivity index (χ1) is 19.5. The number of carbonyl (C=O) groups is 2. The highest BCUT2D eigenvalue weighted by molar-refractivity contribution is 5.79. The van der Waals surface area contributed by atoms with Gasteiger partial charge in [-0.05, 0) is 45.5 Å². The lowest BCUT2D eigenvalue weighted by Crippen LogP contribution is -2.37. The first-order valence-corrected chi connectivity index (χ1v) is 12.8. The largest absolute Gasteiger partial charge is 0.514 e. The fourth-order valence-electron chi connectivity index (χ4n) is 5.49. The van der Waals surface area contributed by atoms with E-state index in [1.165, 1.54) is 24.3 Å². The van der Waals surface area contributed by atoms with E-state index in [0.717, 1.165) is 33.4 Å². The van der Waals surface area contributed by atoms with Gasteiger partial charge in [-0.2, -0.15) is 0 Å². The Hall–Kier alpha value is -5.18. The molecule has 0 radical (unpaired) electrons. The lowest BCUT2D eigenvalue weighted by atomic mass is 9.98. The van der Waals surface area contributed by atoms with Crippen molar-refractivity contribution in [2.75, 3.05) is 6.61 Å². The number of benzene rings is 4. The van der Waals surface area contributed by atoms with Crippen LogP contribution in [0.15, 0.2) is 97.1 Å². The number of ether oxygens (including phenoxy) is 3. The highest BCUT2D eigenvalue weighted by atomic mass is 16.7. The average Bonchev–Trinajstić information content (AvgIpc) is 3.47. The molecule has 9 heteroatoms. The number of fused-ring (bicyclic) bond motifs is 4. The molecule has 0 saturated carbocycles. The highest BCUT2D eigenvalue weighted by Crippen LogP contribution is 2.44. The molecular formula is C31H24N2O7. The van der Waals surface area contributed by atoms with E-state index in [0.29, 0.717) is 6.42 Å². The van der Waals surface area contributed by atoms with Gasteiger partial charge in [-0.25, -0.2) is 9.59 Å². The Balaban J connectivity index is 1.13. The predicted molar refractivity (Wildman–Crippen MR) is 145 cm³/mol. The fraction of sp³-hybridized carbons (Fsp3) is 0.161. The van der Waals surface area contributed by atoms with E-state index < -0.39 is 29.3 Å². The summed E-state index contributed by atoms with van der Waals surface area (Å²) in [7, 11) is 0. The van der Waals surface area contributed by atoms with E-state index in [1.54, 1.807) is 0 Å². The third-order valence-corrected chi connectivity index (χ3v) is 7.30. The molecule has 2 aliphatic rings. The van der Waals surface area contributed by atoms with Crippen molar-refractivity contribution in [3.8, 4) is 16.9 Å². The number of nitro groups is 1. The number of hydrogen-bond acceptors (Lipinski definition) is 7. The van der Waals surface area contributed by atoms with E-state index in [1.807, 2.05) is 48.5 Å². The number of rotatable bonds is 6. The van der Waals surface area contributed by atoms with E-state index in [-0.39, 0.29) is 24.0 Å². The molecule has 0 heterocycles. The van der Waals surface area contributed by atoms with Crippen LogP contribution in [0.5, 0.6) is 5.75 Å². The van der Waals surface area contributed by atoms with Crippen molar-refractivity contribution in [3.05, 3.63) is 129 Å². The van der Waals surface area contributed by atoms with Gasteiger partial charge in [0.1, 0.15) is 18.5 Å². The second-order valence-electron chi connectivity index (χ2n) is 9.61. The number of carbonyl (C=O) groups excluding carboxylic acids is 2. The van der Waals surface area contributed by atoms with Gasteiger partial charge >= 0.3 is 12.2 Å². The Morgan fingerprint density at radius 3 is 2.08 bits per heavy atom. The number of alkyl carbamates (subject to hydrolysis) is 1. The zero-order valence-corrected chi connectivity index (χ0v) is 21.2. The summed E-state index contributed by atoms with van der Waals surface area (Å²) in [5.74, 6) is 0.0184. The topological polar surface area (TPSA) is 117 Å². The molecule has 0 saturated heterocycles. The normalized spacial score (nSPS) is 16.8. The minimum atomic E-state index is -0.981. The molecule has 4 aromatic carbocycles. The summed E-state index contributed by atoms with van der Waals surface area (Å²) in [6.07, 6.45) is -1.96. The first kappa shape index (κ1) is 25.1. The molecule has 2 aliphatic carbocycles. The lowest BCUT2D eigenvalue weighted by molar-refractivity contribution is -0.384. The van der Waals surface area contributed by atoms with Crippen molar-refractivity contribution < 1.29 is 28.7 Å². The van der Waals surface area contributed by atoms with Crippen LogP contribution in [0.2, 0.25) is 0 Å². The molecule has 4 aromatic rings. The molecule has 2 atom stereocenters. The van der Waals surface area contributed by atoms with Crippen LogP contribution in [0.1, 0.15) is 34.2 Å². The van der Waals surface area contributed by atoms with Crippen LogP contribution in [-0.4, -0.2) is 29.9 Å². The van der Waals surface area contributed by atoms with E-state index in [9.17, 15) is 19.7 Å². The molecule has 0 aromatic heterocycles. The molecule has 0 unspecified atom stereocenters. The van der Waals surface area contributed by atoms with Crippen molar-refractivity contribution in [3.63, 3.8) is 0 Å². The second kappa shape index (κ2) is 10.5. The molecule has 1 amide bonds. The number of nitro benzene ring substituents is 1. The molecule has 40 heavy (non-hydrogen) atoms. The first-order valence-electron chi connectivity index (χ1n) is 12.8. The minimum Gasteiger partial charge on any atom is -0.449 e. The summed E-state index contributed by atoms with van der Waals surface area (Å²) in [6, 6.07) is 28.1. The molecule has 9 nitrogen and oxygen atoms in total. The highest BCUT2D eigenvalue weighted by Gasteiger charge is 2.37. The SMILES string of the molecule is O=C(N[C@H]1c2ccccc2C[C@H]1OC(=O)Oc1ccc([N+](=O)[O-])cc1)OCC1c2ccccc2-c2ccccc21. The Kier molecular flexibility index (Phi) is 6.61. The summed E-state index contributed by atoms with van der Waals surface area (Å²) in [4.78, 5) is 35.9. The third-order valence-electron chi connectivity index (χ3n) is 7.30. The van der Waals surface area contributed by atoms with Gasteiger partial charge in [-0.15, -0.1) is 0 Å². The van der Waals surface area contributed by atoms with Gasteiger partial charge < -0.3 is 19.5 Å². The van der Waals surface area contributed by atoms with Crippen LogP contribution >= 0.6 is 0 Å². The molecule has 6 rings (SSSR count). The van der Waals surface area contributed by atoms with Crippen LogP contribution in [0, 0.1) is 10.1 Å². The fourth-order valence-corrected chi connectivity index (χ4v) is 5.49. The van der Waals surface area contributed by atoms with Crippen LogP contribution < -0.4 is 10.1 Å². The summed E-state index contributed by atoms with van der Waals surface area (Å²) in [6.45, 7) is 0.155. The van der Waals surface area contributed by atoms with Crippen molar-refractivity contribution in [2.45, 2.75) is 24.5 Å². The number of nitrogens with zero attached hydrogens (tertiary/aromatic N) is 1. The summed E-state index contributed by atoms with van der Waals surface area (Å²) in [5.41, 5.74) is 6.12. The Bertz CT molecular complexity index is 1560. The van der Waals surface area contributed by atoms with E-state index in [4.69, 9.17) is 14.2 Å². The van der Waals surface area contributed by atoms with Gasteiger partial charge in [0.2, 0.25) is 0 Å². The molecule has 0 bridgehead atoms. The van der Waals surface area contributed by atoms with Crippen LogP contribution in [0.3, 0.4) is 0 Å². The zero-order chi connectivity index (χ0) is 27.6. The quantitative estimate of drug-likeness (QED) is 0.133. The van der Waals surface area contributed by atoms with Crippen LogP contribution in [0.4, 0.5) is 15.3 Å². The Morgan fingerprint density at radius 1 is 0.825 bits per heavy atom. The number of amides is 1. The molecule has 0 aliphatic heterocycles. The maximum Gasteiger partial charge on any atom is 0.514 e. The van der Waals surface area contributed by atoms with Crippen molar-refractivity contribution >= 4 is 17.9 Å². The average molecular weight is 537 g/mol. The zero-order valence-electron chi connectivity index (χ0n) is 21.2. The van der Waals surface area contributed by atoms with E-state index >= 15 is 0 Å². The Labute approximate surface area is 229 Å². The molecule has 1 N–H and O–H groups in total. The standard InChI is InChI=1S/C31H24N2O7/c34-30(38-18-27-25-11-5-3-9-23(25)24-10-4-6-12-26(24)27)32-29-22-8-2-1-7-19(22)17-28(29)40-31(35)39-21-15-13-20(14-16-21)33(36)37/h1-16,27-29H,17-18H2,(H,32,34)/t28-,29+/m1/s1. The summed E-state index contributed by atoms with van der Waals surface area (Å²) < 4.78 is 16.5. The predicted octanol–water partition coefficient (Wildman–Crippen LogP) is 6.31. The minimum absolute atomic E-state index is 0.0854. The van der Waals surface area contributed by atoms with Crippen LogP contribution in [0.25, 0.3) is 11.1 Å². The summed E-state index contributed by atoms with van der Waals surface area (Å²) >= 11 is 0. The van der Waals surface area contributed by atoms with Gasteiger partial charge in [0.05, 0.1) is 11.0 Å². The molecule has 200 valence electrons. The van der Waals surface area contributed by atoms with Crippen molar-refractivity contribution in [1.82, 2.24) is 5.32 Å². The van der Waals surface area contributed by atoms with Gasteiger partial charge in [-0.1, -0.05) is 72.8 Å².